The lowest BCUT2D eigenvalue weighted by Crippen LogP contribution is -2.43. The van der Waals surface area contributed by atoms with Crippen LogP contribution >= 0.6 is 0 Å². The lowest BCUT2D eigenvalue weighted by atomic mass is 9.93. The van der Waals surface area contributed by atoms with Crippen molar-refractivity contribution in [3.05, 3.63) is 82.6 Å². The van der Waals surface area contributed by atoms with E-state index in [0.717, 1.165) is 28.0 Å². The van der Waals surface area contributed by atoms with Gasteiger partial charge in [0.15, 0.2) is 0 Å². The van der Waals surface area contributed by atoms with Crippen LogP contribution < -0.4 is 16.0 Å². The van der Waals surface area contributed by atoms with Crippen LogP contribution in [0.4, 0.5) is 10.1 Å². The second-order valence-corrected chi connectivity index (χ2v) is 8.29. The molecule has 2 aromatic carbocycles. The molecule has 3 N–H and O–H groups in total. The first-order valence-corrected chi connectivity index (χ1v) is 11.1. The highest BCUT2D eigenvalue weighted by molar-refractivity contribution is 6.00. The molecule has 0 radical (unpaired) electrons. The first-order chi connectivity index (χ1) is 16.2. The molecule has 2 amide bonds. The van der Waals surface area contributed by atoms with Crippen LogP contribution in [0.2, 0.25) is 0 Å². The summed E-state index contributed by atoms with van der Waals surface area (Å²) in [5.41, 5.74) is 5.10. The number of anilines is 1. The molecule has 1 aromatic heterocycles. The van der Waals surface area contributed by atoms with Crippen LogP contribution in [0.5, 0.6) is 0 Å². The van der Waals surface area contributed by atoms with Crippen molar-refractivity contribution < 1.29 is 18.4 Å². The summed E-state index contributed by atoms with van der Waals surface area (Å²) in [7, 11) is 1.52. The summed E-state index contributed by atoms with van der Waals surface area (Å²) in [4.78, 5) is 24.1. The molecule has 0 fully saturated rings. The fourth-order valence-corrected chi connectivity index (χ4v) is 3.62. The number of hydrogen-bond acceptors (Lipinski definition) is 4. The number of carbonyl (C=O) groups is 2. The zero-order valence-electron chi connectivity index (χ0n) is 20.1. The van der Waals surface area contributed by atoms with E-state index in [1.54, 1.807) is 32.3 Å². The third-order valence-corrected chi connectivity index (χ3v) is 5.64. The molecule has 3 rings (SSSR count). The molecule has 0 unspecified atom stereocenters. The normalized spacial score (nSPS) is 12.2. The highest BCUT2D eigenvalue weighted by Crippen LogP contribution is 2.31. The number of hydrogen-bond donors (Lipinski definition) is 3. The van der Waals surface area contributed by atoms with Gasteiger partial charge in [0, 0.05) is 23.9 Å². The van der Waals surface area contributed by atoms with Gasteiger partial charge in [-0.2, -0.15) is 0 Å². The number of furan rings is 1. The van der Waals surface area contributed by atoms with E-state index < -0.39 is 6.04 Å². The van der Waals surface area contributed by atoms with Gasteiger partial charge in [-0.05, 0) is 86.4 Å². The number of likely N-dealkylation sites (N-methyl/N-ethyl adjacent to an activating group) is 1. The van der Waals surface area contributed by atoms with E-state index in [1.807, 2.05) is 44.2 Å². The molecule has 178 valence electrons. The number of amides is 2. The second-order valence-electron chi connectivity index (χ2n) is 8.29. The SMILES string of the molecule is CNC(=O)[C@@H](C)NC(=O)/C(C)=C/c1cc(C)c(-c2ccc(NCc3ccco3)cc2F)cc1C. The Morgan fingerprint density at radius 2 is 1.85 bits per heavy atom. The van der Waals surface area contributed by atoms with Gasteiger partial charge in [0.05, 0.1) is 12.8 Å². The predicted octanol–water partition coefficient (Wildman–Crippen LogP) is 4.97. The molecule has 6 nitrogen and oxygen atoms in total. The highest BCUT2D eigenvalue weighted by Gasteiger charge is 2.16. The molecule has 0 aliphatic heterocycles. The van der Waals surface area contributed by atoms with E-state index in [1.165, 1.54) is 13.1 Å². The molecule has 3 aromatic rings. The fraction of sp³-hybridized carbons (Fsp3) is 0.259. The molecular weight excluding hydrogens is 433 g/mol. The molecule has 34 heavy (non-hydrogen) atoms. The van der Waals surface area contributed by atoms with Crippen LogP contribution in [0.3, 0.4) is 0 Å². The van der Waals surface area contributed by atoms with Crippen molar-refractivity contribution in [3.8, 4) is 11.1 Å². The third kappa shape index (κ3) is 5.92. The highest BCUT2D eigenvalue weighted by atomic mass is 19.1. The number of carbonyl (C=O) groups excluding carboxylic acids is 2. The molecule has 0 aliphatic carbocycles. The van der Waals surface area contributed by atoms with E-state index in [9.17, 15) is 14.0 Å². The number of rotatable bonds is 8. The Hall–Kier alpha value is -3.87. The Balaban J connectivity index is 1.79. The minimum Gasteiger partial charge on any atom is -0.467 e. The Labute approximate surface area is 199 Å². The van der Waals surface area contributed by atoms with E-state index in [-0.39, 0.29) is 17.6 Å². The van der Waals surface area contributed by atoms with Gasteiger partial charge in [-0.3, -0.25) is 9.59 Å². The Bertz CT molecular complexity index is 1220. The van der Waals surface area contributed by atoms with Gasteiger partial charge in [0.25, 0.3) is 0 Å². The minimum atomic E-state index is -0.634. The van der Waals surface area contributed by atoms with Gasteiger partial charge >= 0.3 is 0 Å². The Morgan fingerprint density at radius 3 is 2.50 bits per heavy atom. The van der Waals surface area contributed by atoms with Crippen LogP contribution in [0.25, 0.3) is 17.2 Å². The van der Waals surface area contributed by atoms with Crippen LogP contribution in [-0.2, 0) is 16.1 Å². The first kappa shape index (κ1) is 24.8. The van der Waals surface area contributed by atoms with E-state index >= 15 is 0 Å². The summed E-state index contributed by atoms with van der Waals surface area (Å²) in [6.45, 7) is 7.63. The van der Waals surface area contributed by atoms with Crippen molar-refractivity contribution in [2.24, 2.45) is 0 Å². The van der Waals surface area contributed by atoms with Crippen molar-refractivity contribution >= 4 is 23.6 Å². The zero-order valence-corrected chi connectivity index (χ0v) is 20.1. The topological polar surface area (TPSA) is 83.4 Å². The molecule has 0 bridgehead atoms. The summed E-state index contributed by atoms with van der Waals surface area (Å²) >= 11 is 0. The largest absolute Gasteiger partial charge is 0.467 e. The van der Waals surface area contributed by atoms with E-state index in [2.05, 4.69) is 16.0 Å². The number of benzene rings is 2. The molecular formula is C27H30FN3O3. The molecule has 0 saturated carbocycles. The summed E-state index contributed by atoms with van der Waals surface area (Å²) < 4.78 is 20.3. The predicted molar refractivity (Wildman–Crippen MR) is 133 cm³/mol. The van der Waals surface area contributed by atoms with Crippen molar-refractivity contribution in [3.63, 3.8) is 0 Å². The zero-order chi connectivity index (χ0) is 24.8. The van der Waals surface area contributed by atoms with Gasteiger partial charge in [0.1, 0.15) is 17.6 Å². The average molecular weight is 464 g/mol. The number of halogens is 1. The van der Waals surface area contributed by atoms with Crippen LogP contribution in [0, 0.1) is 19.7 Å². The summed E-state index contributed by atoms with van der Waals surface area (Å²) in [6, 6.07) is 12.0. The molecule has 0 saturated heterocycles. The van der Waals surface area contributed by atoms with E-state index in [4.69, 9.17) is 4.42 Å². The van der Waals surface area contributed by atoms with Gasteiger partial charge in [-0.1, -0.05) is 12.1 Å². The lowest BCUT2D eigenvalue weighted by Gasteiger charge is -2.14. The van der Waals surface area contributed by atoms with Crippen LogP contribution in [0.1, 0.15) is 36.3 Å². The minimum absolute atomic E-state index is 0.262. The van der Waals surface area contributed by atoms with Gasteiger partial charge in [-0.25, -0.2) is 4.39 Å². The Kier molecular flexibility index (Phi) is 7.89. The molecule has 1 heterocycles. The lowest BCUT2D eigenvalue weighted by molar-refractivity contribution is -0.126. The summed E-state index contributed by atoms with van der Waals surface area (Å²) in [5.74, 6) is -0.136. The smallest absolute Gasteiger partial charge is 0.247 e. The average Bonchev–Trinajstić information content (AvgIpc) is 3.33. The Morgan fingerprint density at radius 1 is 1.09 bits per heavy atom. The standard InChI is InChI=1S/C27H30FN3O3/c1-16-13-24(23-9-8-21(14-25(23)28)30-15-22-7-6-10-34-22)17(2)11-20(16)12-18(3)26(32)31-19(4)27(33)29-5/h6-14,19,30H,15H2,1-5H3,(H,29,33)(H,31,32)/b18-12+/t19-/m1/s1. The molecule has 0 spiro atoms. The van der Waals surface area contributed by atoms with Gasteiger partial charge in [-0.15, -0.1) is 0 Å². The van der Waals surface area contributed by atoms with Crippen LogP contribution in [0.15, 0.2) is 58.7 Å². The monoisotopic (exact) mass is 463 g/mol. The maximum Gasteiger partial charge on any atom is 0.247 e. The first-order valence-electron chi connectivity index (χ1n) is 11.1. The maximum atomic E-state index is 15.0. The third-order valence-electron chi connectivity index (χ3n) is 5.64. The van der Waals surface area contributed by atoms with Gasteiger partial charge < -0.3 is 20.4 Å². The summed E-state index contributed by atoms with van der Waals surface area (Å²) in [5, 5.41) is 8.33. The van der Waals surface area contributed by atoms with Crippen LogP contribution in [-0.4, -0.2) is 24.9 Å². The maximum absolute atomic E-state index is 15.0. The fourth-order valence-electron chi connectivity index (χ4n) is 3.62. The molecule has 0 aliphatic rings. The number of aryl methyl sites for hydroxylation is 2. The molecule has 1 atom stereocenters. The molecule has 7 heteroatoms. The summed E-state index contributed by atoms with van der Waals surface area (Å²) in [6.07, 6.45) is 3.37. The van der Waals surface area contributed by atoms with Crippen molar-refractivity contribution in [2.75, 3.05) is 12.4 Å². The van der Waals surface area contributed by atoms with Crippen molar-refractivity contribution in [1.82, 2.24) is 10.6 Å². The number of nitrogens with one attached hydrogen (secondary N) is 3. The second kappa shape index (κ2) is 10.8. The van der Waals surface area contributed by atoms with Crippen molar-refractivity contribution in [1.29, 1.82) is 0 Å². The quantitative estimate of drug-likeness (QED) is 0.412. The van der Waals surface area contributed by atoms with Crippen molar-refractivity contribution in [2.45, 2.75) is 40.3 Å². The van der Waals surface area contributed by atoms with Gasteiger partial charge in [0.2, 0.25) is 11.8 Å². The van der Waals surface area contributed by atoms with E-state index in [0.29, 0.717) is 23.4 Å².